The van der Waals surface area contributed by atoms with Gasteiger partial charge in [-0.1, -0.05) is 44.2 Å². The summed E-state index contributed by atoms with van der Waals surface area (Å²) in [5, 5.41) is 20.2. The molecule has 1 saturated carbocycles. The molecule has 156 valence electrons. The van der Waals surface area contributed by atoms with Crippen molar-refractivity contribution in [3.63, 3.8) is 0 Å². The van der Waals surface area contributed by atoms with Crippen molar-refractivity contribution in [3.8, 4) is 0 Å². The molecule has 0 aliphatic heterocycles. The molecule has 0 radical (unpaired) electrons. The number of hydrogen-bond donors (Lipinski definition) is 3. The highest BCUT2D eigenvalue weighted by atomic mass is 16.3. The zero-order valence-corrected chi connectivity index (χ0v) is 17.5. The van der Waals surface area contributed by atoms with Gasteiger partial charge in [-0.05, 0) is 37.2 Å². The molecule has 1 aromatic carbocycles. The molecule has 0 unspecified atom stereocenters. The standard InChI is InChI=1S/C22H30N4O3/c1-14(15-8-6-5-7-9-15)26-18(12-17(25-26)20(28)23-4)21(29)24-16-10-11-19(27)22(2,3)13-16/h5-9,12,14,16,19,27H,10-11,13H2,1-4H3,(H,23,28)(H,24,29)/t14-,16+,19-/m0/s1. The molecule has 0 saturated heterocycles. The number of aliphatic hydroxyl groups is 1. The molecule has 0 spiro atoms. The molecule has 29 heavy (non-hydrogen) atoms. The highest BCUT2D eigenvalue weighted by Gasteiger charge is 2.36. The van der Waals surface area contributed by atoms with Gasteiger partial charge in [0.15, 0.2) is 5.69 Å². The van der Waals surface area contributed by atoms with Gasteiger partial charge in [-0.25, -0.2) is 0 Å². The average Bonchev–Trinajstić information content (AvgIpc) is 3.15. The largest absolute Gasteiger partial charge is 0.393 e. The lowest BCUT2D eigenvalue weighted by Gasteiger charge is -2.39. The van der Waals surface area contributed by atoms with Crippen LogP contribution in [0.2, 0.25) is 0 Å². The summed E-state index contributed by atoms with van der Waals surface area (Å²) in [6.45, 7) is 5.98. The highest BCUT2D eigenvalue weighted by molar-refractivity contribution is 5.98. The summed E-state index contributed by atoms with van der Waals surface area (Å²) in [4.78, 5) is 25.2. The van der Waals surface area contributed by atoms with Crippen LogP contribution in [-0.4, -0.2) is 45.9 Å². The van der Waals surface area contributed by atoms with Gasteiger partial charge in [0.2, 0.25) is 0 Å². The van der Waals surface area contributed by atoms with E-state index in [1.165, 1.54) is 13.1 Å². The molecule has 2 amide bonds. The molecule has 7 heteroatoms. The molecule has 0 bridgehead atoms. The van der Waals surface area contributed by atoms with Gasteiger partial charge in [-0.2, -0.15) is 5.10 Å². The number of carbonyl (C=O) groups excluding carboxylic acids is 2. The second-order valence-corrected chi connectivity index (χ2v) is 8.48. The number of carbonyl (C=O) groups is 2. The van der Waals surface area contributed by atoms with Crippen LogP contribution in [0.3, 0.4) is 0 Å². The third-order valence-corrected chi connectivity index (χ3v) is 5.88. The van der Waals surface area contributed by atoms with Crippen LogP contribution in [0, 0.1) is 5.41 Å². The summed E-state index contributed by atoms with van der Waals surface area (Å²) in [6, 6.07) is 11.0. The van der Waals surface area contributed by atoms with Crippen LogP contribution in [0.15, 0.2) is 36.4 Å². The quantitative estimate of drug-likeness (QED) is 0.721. The van der Waals surface area contributed by atoms with E-state index in [4.69, 9.17) is 0 Å². The van der Waals surface area contributed by atoms with Gasteiger partial charge in [0.05, 0.1) is 12.1 Å². The van der Waals surface area contributed by atoms with Crippen molar-refractivity contribution in [2.45, 2.75) is 58.2 Å². The molecule has 7 nitrogen and oxygen atoms in total. The Bertz CT molecular complexity index is 875. The van der Waals surface area contributed by atoms with Crippen LogP contribution in [0.5, 0.6) is 0 Å². The lowest BCUT2D eigenvalue weighted by molar-refractivity contribution is 0.00174. The van der Waals surface area contributed by atoms with Crippen molar-refractivity contribution in [1.82, 2.24) is 20.4 Å². The molecular weight excluding hydrogens is 368 g/mol. The fourth-order valence-electron chi connectivity index (χ4n) is 3.98. The Morgan fingerprint density at radius 2 is 1.90 bits per heavy atom. The van der Waals surface area contributed by atoms with E-state index in [0.29, 0.717) is 18.5 Å². The van der Waals surface area contributed by atoms with E-state index in [1.807, 2.05) is 51.1 Å². The van der Waals surface area contributed by atoms with Crippen LogP contribution in [-0.2, 0) is 0 Å². The summed E-state index contributed by atoms with van der Waals surface area (Å²) in [5.74, 6) is -0.590. The van der Waals surface area contributed by atoms with Gasteiger partial charge < -0.3 is 15.7 Å². The molecule has 1 aliphatic carbocycles. The molecule has 2 aromatic rings. The summed E-state index contributed by atoms with van der Waals surface area (Å²) < 4.78 is 1.61. The first-order chi connectivity index (χ1) is 13.7. The molecule has 1 fully saturated rings. The number of nitrogens with zero attached hydrogens (tertiary/aromatic N) is 2. The van der Waals surface area contributed by atoms with E-state index in [9.17, 15) is 14.7 Å². The van der Waals surface area contributed by atoms with E-state index >= 15 is 0 Å². The van der Waals surface area contributed by atoms with Gasteiger partial charge in [0.25, 0.3) is 11.8 Å². The van der Waals surface area contributed by atoms with Crippen molar-refractivity contribution in [2.24, 2.45) is 5.41 Å². The van der Waals surface area contributed by atoms with E-state index in [-0.39, 0.29) is 41.1 Å². The fourth-order valence-corrected chi connectivity index (χ4v) is 3.98. The van der Waals surface area contributed by atoms with Gasteiger partial charge in [-0.15, -0.1) is 0 Å². The van der Waals surface area contributed by atoms with Gasteiger partial charge in [0.1, 0.15) is 5.69 Å². The third-order valence-electron chi connectivity index (χ3n) is 5.88. The number of hydrogen-bond acceptors (Lipinski definition) is 4. The smallest absolute Gasteiger partial charge is 0.271 e. The molecule has 3 atom stereocenters. The normalized spacial score (nSPS) is 22.0. The maximum Gasteiger partial charge on any atom is 0.271 e. The lowest BCUT2D eigenvalue weighted by Crippen LogP contribution is -2.46. The summed E-state index contributed by atoms with van der Waals surface area (Å²) >= 11 is 0. The van der Waals surface area contributed by atoms with E-state index < -0.39 is 0 Å². The maximum atomic E-state index is 13.1. The zero-order chi connectivity index (χ0) is 21.2. The minimum Gasteiger partial charge on any atom is -0.393 e. The first-order valence-corrected chi connectivity index (χ1v) is 10.1. The van der Waals surface area contributed by atoms with E-state index in [2.05, 4.69) is 15.7 Å². The maximum absolute atomic E-state index is 13.1. The Kier molecular flexibility index (Phi) is 6.07. The molecule has 1 aliphatic rings. The second kappa shape index (κ2) is 8.37. The fraction of sp³-hybridized carbons (Fsp3) is 0.500. The summed E-state index contributed by atoms with van der Waals surface area (Å²) in [6.07, 6.45) is 1.71. The molecule has 3 rings (SSSR count). The van der Waals surface area contributed by atoms with Crippen molar-refractivity contribution >= 4 is 11.8 Å². The number of nitrogens with one attached hydrogen (secondary N) is 2. The van der Waals surface area contributed by atoms with Gasteiger partial charge in [-0.3, -0.25) is 14.3 Å². The minimum absolute atomic E-state index is 0.0280. The molecular formula is C22H30N4O3. The number of aliphatic hydroxyl groups excluding tert-OH is 1. The minimum atomic E-state index is -0.362. The number of amides is 2. The monoisotopic (exact) mass is 398 g/mol. The van der Waals surface area contributed by atoms with E-state index in [0.717, 1.165) is 12.0 Å². The first-order valence-electron chi connectivity index (χ1n) is 10.1. The molecule has 3 N–H and O–H groups in total. The van der Waals surface area contributed by atoms with Crippen molar-refractivity contribution in [1.29, 1.82) is 0 Å². The Morgan fingerprint density at radius 1 is 1.21 bits per heavy atom. The Balaban J connectivity index is 1.88. The second-order valence-electron chi connectivity index (χ2n) is 8.48. The SMILES string of the molecule is CNC(=O)c1cc(C(=O)N[C@@H]2CC[C@H](O)C(C)(C)C2)n([C@@H](C)c2ccccc2)n1. The first kappa shape index (κ1) is 21.0. The summed E-state index contributed by atoms with van der Waals surface area (Å²) in [7, 11) is 1.54. The highest BCUT2D eigenvalue weighted by Crippen LogP contribution is 2.35. The number of rotatable bonds is 5. The van der Waals surface area contributed by atoms with Crippen LogP contribution >= 0.6 is 0 Å². The lowest BCUT2D eigenvalue weighted by atomic mass is 9.73. The Labute approximate surface area is 171 Å². The van der Waals surface area contributed by atoms with Crippen LogP contribution in [0.4, 0.5) is 0 Å². The Morgan fingerprint density at radius 3 is 2.52 bits per heavy atom. The number of benzene rings is 1. The van der Waals surface area contributed by atoms with Gasteiger partial charge >= 0.3 is 0 Å². The predicted molar refractivity (Wildman–Crippen MR) is 111 cm³/mol. The Hall–Kier alpha value is -2.67. The number of aromatic nitrogens is 2. The summed E-state index contributed by atoms with van der Waals surface area (Å²) in [5.41, 5.74) is 1.31. The third kappa shape index (κ3) is 4.50. The van der Waals surface area contributed by atoms with Crippen LogP contribution in [0.25, 0.3) is 0 Å². The van der Waals surface area contributed by atoms with Gasteiger partial charge in [0, 0.05) is 19.2 Å². The predicted octanol–water partition coefficient (Wildman–Crippen LogP) is 2.52. The van der Waals surface area contributed by atoms with Crippen molar-refractivity contribution < 1.29 is 14.7 Å². The topological polar surface area (TPSA) is 96.3 Å². The zero-order valence-electron chi connectivity index (χ0n) is 17.5. The van der Waals surface area contributed by atoms with Crippen molar-refractivity contribution in [2.75, 3.05) is 7.05 Å². The van der Waals surface area contributed by atoms with Crippen molar-refractivity contribution in [3.05, 3.63) is 53.3 Å². The van der Waals surface area contributed by atoms with Crippen LogP contribution < -0.4 is 10.6 Å². The molecule has 1 aromatic heterocycles. The van der Waals surface area contributed by atoms with E-state index in [1.54, 1.807) is 4.68 Å². The average molecular weight is 399 g/mol. The molecule has 1 heterocycles. The van der Waals surface area contributed by atoms with Crippen LogP contribution in [0.1, 0.15) is 72.6 Å².